The third-order valence-electron chi connectivity index (χ3n) is 5.20. The van der Waals surface area contributed by atoms with E-state index in [0.29, 0.717) is 0 Å². The van der Waals surface area contributed by atoms with Gasteiger partial charge in [0, 0.05) is 23.5 Å². The Labute approximate surface area is 149 Å². The minimum Gasteiger partial charge on any atom is -0.387 e. The van der Waals surface area contributed by atoms with Gasteiger partial charge in [0.25, 0.3) is 0 Å². The van der Waals surface area contributed by atoms with E-state index in [-0.39, 0.29) is 29.0 Å². The summed E-state index contributed by atoms with van der Waals surface area (Å²) in [5.41, 5.74) is 0.268. The third-order valence-corrected chi connectivity index (χ3v) is 6.15. The van der Waals surface area contributed by atoms with Gasteiger partial charge in [0.1, 0.15) is 0 Å². The summed E-state index contributed by atoms with van der Waals surface area (Å²) in [5, 5.41) is 15.8. The van der Waals surface area contributed by atoms with E-state index in [4.69, 9.17) is 0 Å². The summed E-state index contributed by atoms with van der Waals surface area (Å²) in [6.07, 6.45) is 4.61. The van der Waals surface area contributed by atoms with Gasteiger partial charge in [-0.25, -0.2) is 4.79 Å². The lowest BCUT2D eigenvalue weighted by Gasteiger charge is -2.36. The van der Waals surface area contributed by atoms with Crippen LogP contribution < -0.4 is 5.32 Å². The third kappa shape index (κ3) is 4.31. The van der Waals surface area contributed by atoms with E-state index in [1.165, 1.54) is 0 Å². The molecule has 1 atom stereocenters. The van der Waals surface area contributed by atoms with Crippen LogP contribution in [0.15, 0.2) is 17.5 Å². The summed E-state index contributed by atoms with van der Waals surface area (Å²) in [5.74, 6) is 0.261. The second-order valence-electron chi connectivity index (χ2n) is 8.73. The number of nitrogens with zero attached hydrogens (tertiary/aromatic N) is 1. The van der Waals surface area contributed by atoms with Crippen molar-refractivity contribution < 1.29 is 9.90 Å². The molecule has 1 aromatic heterocycles. The Kier molecular flexibility index (Phi) is 4.94. The predicted molar refractivity (Wildman–Crippen MR) is 98.1 cm³/mol. The Morgan fingerprint density at radius 3 is 2.58 bits per heavy atom. The number of piperidine rings is 1. The number of rotatable bonds is 4. The van der Waals surface area contributed by atoms with Crippen molar-refractivity contribution in [3.8, 4) is 0 Å². The van der Waals surface area contributed by atoms with Crippen LogP contribution in [0.3, 0.4) is 0 Å². The molecule has 2 heterocycles. The number of likely N-dealkylation sites (tertiary alicyclic amines) is 1. The SMILES string of the molecule is CC(C)(C)CC1(NC(=O)N2CCC([C@H](O)c3cccs3)CC2)CC1. The van der Waals surface area contributed by atoms with Crippen LogP contribution in [0, 0.1) is 11.3 Å². The van der Waals surface area contributed by atoms with Crippen LogP contribution in [0.5, 0.6) is 0 Å². The Balaban J connectivity index is 1.49. The van der Waals surface area contributed by atoms with Gasteiger partial charge in [0.2, 0.25) is 0 Å². The lowest BCUT2D eigenvalue weighted by molar-refractivity contribution is 0.0681. The fourth-order valence-electron chi connectivity index (χ4n) is 3.93. The van der Waals surface area contributed by atoms with Crippen LogP contribution >= 0.6 is 11.3 Å². The molecule has 24 heavy (non-hydrogen) atoms. The Morgan fingerprint density at radius 1 is 1.42 bits per heavy atom. The van der Waals surface area contributed by atoms with Crippen molar-refractivity contribution in [1.29, 1.82) is 0 Å². The molecule has 0 radical (unpaired) electrons. The van der Waals surface area contributed by atoms with Crippen LogP contribution in [0.1, 0.15) is 63.9 Å². The molecular formula is C19H30N2O2S. The van der Waals surface area contributed by atoms with E-state index in [1.807, 2.05) is 22.4 Å². The molecule has 1 aliphatic heterocycles. The zero-order chi connectivity index (χ0) is 17.4. The molecule has 0 aromatic carbocycles. The van der Waals surface area contributed by atoms with Gasteiger partial charge < -0.3 is 15.3 Å². The fraction of sp³-hybridized carbons (Fsp3) is 0.737. The highest BCUT2D eigenvalue weighted by molar-refractivity contribution is 7.10. The van der Waals surface area contributed by atoms with Gasteiger partial charge in [-0.2, -0.15) is 0 Å². The minimum atomic E-state index is -0.383. The molecule has 0 spiro atoms. The van der Waals surface area contributed by atoms with Crippen LogP contribution in [0.25, 0.3) is 0 Å². The van der Waals surface area contributed by atoms with Crippen molar-refractivity contribution in [2.45, 2.75) is 64.5 Å². The van der Waals surface area contributed by atoms with E-state index in [9.17, 15) is 9.90 Å². The van der Waals surface area contributed by atoms with Gasteiger partial charge in [-0.15, -0.1) is 11.3 Å². The fourth-order valence-corrected chi connectivity index (χ4v) is 4.73. The van der Waals surface area contributed by atoms with E-state index < -0.39 is 0 Å². The molecule has 0 unspecified atom stereocenters. The smallest absolute Gasteiger partial charge is 0.317 e. The molecular weight excluding hydrogens is 320 g/mol. The van der Waals surface area contributed by atoms with Crippen molar-refractivity contribution >= 4 is 17.4 Å². The van der Waals surface area contributed by atoms with Crippen LogP contribution in [0.2, 0.25) is 0 Å². The second kappa shape index (κ2) is 6.68. The number of thiophene rings is 1. The normalized spacial score (nSPS) is 22.2. The molecule has 2 N–H and O–H groups in total. The lowest BCUT2D eigenvalue weighted by Crippen LogP contribution is -2.50. The summed E-state index contributed by atoms with van der Waals surface area (Å²) in [7, 11) is 0. The number of hydrogen-bond acceptors (Lipinski definition) is 3. The highest BCUT2D eigenvalue weighted by Gasteiger charge is 2.47. The topological polar surface area (TPSA) is 52.6 Å². The maximum absolute atomic E-state index is 12.6. The molecule has 1 saturated carbocycles. The first-order valence-electron chi connectivity index (χ1n) is 9.07. The summed E-state index contributed by atoms with van der Waals surface area (Å²) >= 11 is 1.61. The molecule has 0 bridgehead atoms. The zero-order valence-electron chi connectivity index (χ0n) is 15.0. The number of nitrogens with one attached hydrogen (secondary N) is 1. The average Bonchev–Trinajstić information content (AvgIpc) is 3.03. The quantitative estimate of drug-likeness (QED) is 0.856. The number of aliphatic hydroxyl groups is 1. The molecule has 2 fully saturated rings. The van der Waals surface area contributed by atoms with Crippen molar-refractivity contribution in [2.75, 3.05) is 13.1 Å². The van der Waals surface area contributed by atoms with Crippen molar-refractivity contribution in [1.82, 2.24) is 10.2 Å². The minimum absolute atomic E-state index is 0.0304. The predicted octanol–water partition coefficient (Wildman–Crippen LogP) is 4.17. The summed E-state index contributed by atoms with van der Waals surface area (Å²) in [4.78, 5) is 15.6. The van der Waals surface area contributed by atoms with E-state index >= 15 is 0 Å². The first-order valence-corrected chi connectivity index (χ1v) is 9.95. The Bertz CT molecular complexity index is 552. The molecule has 1 saturated heterocycles. The number of urea groups is 1. The number of hydrogen-bond donors (Lipinski definition) is 2. The average molecular weight is 351 g/mol. The first kappa shape index (κ1) is 17.7. The van der Waals surface area contributed by atoms with E-state index in [0.717, 1.165) is 50.1 Å². The van der Waals surface area contributed by atoms with Crippen LogP contribution in [0.4, 0.5) is 4.79 Å². The van der Waals surface area contributed by atoms with Crippen LogP contribution in [-0.2, 0) is 0 Å². The number of carbonyl (C=O) groups is 1. The van der Waals surface area contributed by atoms with Gasteiger partial charge in [0.05, 0.1) is 6.10 Å². The van der Waals surface area contributed by atoms with Gasteiger partial charge in [-0.05, 0) is 54.9 Å². The van der Waals surface area contributed by atoms with Gasteiger partial charge in [-0.3, -0.25) is 0 Å². The van der Waals surface area contributed by atoms with E-state index in [2.05, 4.69) is 26.1 Å². The molecule has 134 valence electrons. The molecule has 2 amide bonds. The molecule has 2 aliphatic rings. The van der Waals surface area contributed by atoms with Crippen molar-refractivity contribution in [3.63, 3.8) is 0 Å². The zero-order valence-corrected chi connectivity index (χ0v) is 15.9. The Morgan fingerprint density at radius 2 is 2.08 bits per heavy atom. The second-order valence-corrected chi connectivity index (χ2v) is 9.71. The number of aliphatic hydroxyl groups excluding tert-OH is 1. The van der Waals surface area contributed by atoms with Crippen LogP contribution in [-0.4, -0.2) is 34.7 Å². The van der Waals surface area contributed by atoms with Gasteiger partial charge in [0.15, 0.2) is 0 Å². The molecule has 1 aromatic rings. The van der Waals surface area contributed by atoms with Crippen molar-refractivity contribution in [2.24, 2.45) is 11.3 Å². The van der Waals surface area contributed by atoms with E-state index in [1.54, 1.807) is 11.3 Å². The molecule has 4 nitrogen and oxygen atoms in total. The maximum atomic E-state index is 12.6. The number of carbonyl (C=O) groups excluding carboxylic acids is 1. The maximum Gasteiger partial charge on any atom is 0.317 e. The monoisotopic (exact) mass is 350 g/mol. The highest BCUT2D eigenvalue weighted by Crippen LogP contribution is 2.44. The molecule has 1 aliphatic carbocycles. The molecule has 3 rings (SSSR count). The van der Waals surface area contributed by atoms with Crippen molar-refractivity contribution in [3.05, 3.63) is 22.4 Å². The first-order chi connectivity index (χ1) is 11.3. The number of amides is 2. The highest BCUT2D eigenvalue weighted by atomic mass is 32.1. The van der Waals surface area contributed by atoms with Gasteiger partial charge in [-0.1, -0.05) is 26.8 Å². The standard InChI is InChI=1S/C19H30N2O2S/c1-18(2,3)13-19(8-9-19)20-17(23)21-10-6-14(7-11-21)16(22)15-5-4-12-24-15/h4-5,12,14,16,22H,6-11,13H2,1-3H3,(H,20,23)/t16-/m0/s1. The molecule has 5 heteroatoms. The lowest BCUT2D eigenvalue weighted by atomic mass is 9.86. The largest absolute Gasteiger partial charge is 0.387 e. The summed E-state index contributed by atoms with van der Waals surface area (Å²) < 4.78 is 0. The Hall–Kier alpha value is -1.07. The summed E-state index contributed by atoms with van der Waals surface area (Å²) in [6, 6.07) is 4.06. The summed E-state index contributed by atoms with van der Waals surface area (Å²) in [6.45, 7) is 8.18. The van der Waals surface area contributed by atoms with Gasteiger partial charge >= 0.3 is 6.03 Å².